The zero-order valence-corrected chi connectivity index (χ0v) is 12.8. The van der Waals surface area contributed by atoms with Crippen molar-refractivity contribution in [2.75, 3.05) is 6.54 Å². The van der Waals surface area contributed by atoms with Gasteiger partial charge in [0.15, 0.2) is 0 Å². The smallest absolute Gasteiger partial charge is 0.137 e. The lowest BCUT2D eigenvalue weighted by Crippen LogP contribution is -2.21. The number of benzene rings is 2. The van der Waals surface area contributed by atoms with E-state index < -0.39 is 0 Å². The van der Waals surface area contributed by atoms with Crippen LogP contribution in [0.5, 0.6) is 0 Å². The number of para-hydroxylation sites is 1. The third-order valence-corrected chi connectivity index (χ3v) is 3.83. The molecule has 0 fully saturated rings. The molecule has 0 aliphatic heterocycles. The molecule has 3 aromatic rings. The monoisotopic (exact) mass is 279 g/mol. The summed E-state index contributed by atoms with van der Waals surface area (Å²) in [5.41, 5.74) is 4.68. The van der Waals surface area contributed by atoms with E-state index in [4.69, 9.17) is 4.42 Å². The minimum atomic E-state index is 0.0988. The highest BCUT2D eigenvalue weighted by atomic mass is 16.3. The molecule has 0 saturated carbocycles. The molecule has 1 N–H and O–H groups in total. The number of hydrogen-bond acceptors (Lipinski definition) is 2. The minimum Gasteiger partial charge on any atom is -0.459 e. The molecule has 1 aromatic heterocycles. The van der Waals surface area contributed by atoms with Crippen LogP contribution in [-0.4, -0.2) is 6.54 Å². The van der Waals surface area contributed by atoms with Crippen molar-refractivity contribution in [3.8, 4) is 0 Å². The Morgan fingerprint density at radius 2 is 1.86 bits per heavy atom. The lowest BCUT2D eigenvalue weighted by molar-refractivity contribution is 0.476. The normalized spacial score (nSPS) is 12.7. The summed E-state index contributed by atoms with van der Waals surface area (Å²) in [4.78, 5) is 0. The Balaban J connectivity index is 2.09. The number of nitrogens with one attached hydrogen (secondary N) is 1. The summed E-state index contributed by atoms with van der Waals surface area (Å²) in [6.45, 7) is 7.23. The number of hydrogen-bond donors (Lipinski definition) is 1. The van der Waals surface area contributed by atoms with E-state index >= 15 is 0 Å². The Morgan fingerprint density at radius 1 is 1.05 bits per heavy atom. The van der Waals surface area contributed by atoms with Crippen molar-refractivity contribution >= 4 is 11.0 Å². The second kappa shape index (κ2) is 5.74. The Morgan fingerprint density at radius 3 is 2.57 bits per heavy atom. The topological polar surface area (TPSA) is 25.2 Å². The molecule has 0 bridgehead atoms. The summed E-state index contributed by atoms with van der Waals surface area (Å²) < 4.78 is 6.15. The third kappa shape index (κ3) is 2.72. The Labute approximate surface area is 125 Å². The highest BCUT2D eigenvalue weighted by Gasteiger charge is 2.18. The molecular formula is C19H21NO. The molecule has 1 unspecified atom stereocenters. The minimum absolute atomic E-state index is 0.0988. The number of rotatable bonds is 4. The van der Waals surface area contributed by atoms with Gasteiger partial charge in [-0.25, -0.2) is 0 Å². The van der Waals surface area contributed by atoms with Gasteiger partial charge in [0.25, 0.3) is 0 Å². The van der Waals surface area contributed by atoms with Gasteiger partial charge in [-0.1, -0.05) is 55.0 Å². The number of furan rings is 1. The second-order valence-corrected chi connectivity index (χ2v) is 5.55. The van der Waals surface area contributed by atoms with Crippen molar-refractivity contribution in [1.29, 1.82) is 0 Å². The van der Waals surface area contributed by atoms with E-state index in [-0.39, 0.29) is 6.04 Å². The molecule has 3 rings (SSSR count). The first kappa shape index (κ1) is 13.9. The summed E-state index contributed by atoms with van der Waals surface area (Å²) in [5.74, 6) is 0.978. The molecule has 2 nitrogen and oxygen atoms in total. The summed E-state index contributed by atoms with van der Waals surface area (Å²) in [6, 6.07) is 17.1. The van der Waals surface area contributed by atoms with Crippen molar-refractivity contribution < 1.29 is 4.42 Å². The first-order valence-corrected chi connectivity index (χ1v) is 7.48. The van der Waals surface area contributed by atoms with E-state index in [0.29, 0.717) is 0 Å². The van der Waals surface area contributed by atoms with Crippen LogP contribution in [0.3, 0.4) is 0 Å². The van der Waals surface area contributed by atoms with Gasteiger partial charge < -0.3 is 9.73 Å². The molecule has 0 spiro atoms. The summed E-state index contributed by atoms with van der Waals surface area (Å²) in [7, 11) is 0. The predicted molar refractivity (Wildman–Crippen MR) is 87.6 cm³/mol. The first-order valence-electron chi connectivity index (χ1n) is 7.48. The molecule has 0 aliphatic carbocycles. The molecule has 1 atom stereocenters. The van der Waals surface area contributed by atoms with Crippen LogP contribution in [0, 0.1) is 13.8 Å². The Kier molecular flexibility index (Phi) is 3.80. The van der Waals surface area contributed by atoms with Crippen molar-refractivity contribution in [2.24, 2.45) is 0 Å². The SMILES string of the molecule is CCNC(c1cccc(C)c1)c1cc2cccc(C)c2o1. The van der Waals surface area contributed by atoms with Gasteiger partial charge in [0, 0.05) is 5.39 Å². The van der Waals surface area contributed by atoms with Gasteiger partial charge in [-0.3, -0.25) is 0 Å². The van der Waals surface area contributed by atoms with Crippen LogP contribution in [0.4, 0.5) is 0 Å². The molecule has 2 aromatic carbocycles. The number of fused-ring (bicyclic) bond motifs is 1. The predicted octanol–water partition coefficient (Wildman–Crippen LogP) is 4.75. The lowest BCUT2D eigenvalue weighted by Gasteiger charge is -2.16. The lowest BCUT2D eigenvalue weighted by atomic mass is 10.0. The molecule has 108 valence electrons. The standard InChI is InChI=1S/C19H21NO/c1-4-20-18(15-9-5-7-13(2)11-15)17-12-16-10-6-8-14(3)19(16)21-17/h5-12,18,20H,4H2,1-3H3. The average Bonchev–Trinajstić information content (AvgIpc) is 2.90. The van der Waals surface area contributed by atoms with Crippen LogP contribution in [-0.2, 0) is 0 Å². The van der Waals surface area contributed by atoms with Gasteiger partial charge in [0.2, 0.25) is 0 Å². The van der Waals surface area contributed by atoms with Crippen molar-refractivity contribution in [3.05, 3.63) is 71.0 Å². The largest absolute Gasteiger partial charge is 0.459 e. The molecule has 2 heteroatoms. The van der Waals surface area contributed by atoms with E-state index in [1.807, 2.05) is 0 Å². The Bertz CT molecular complexity index is 757. The van der Waals surface area contributed by atoms with Crippen molar-refractivity contribution in [2.45, 2.75) is 26.8 Å². The third-order valence-electron chi connectivity index (χ3n) is 3.83. The fourth-order valence-electron chi connectivity index (χ4n) is 2.81. The highest BCUT2D eigenvalue weighted by molar-refractivity contribution is 5.81. The average molecular weight is 279 g/mol. The molecule has 1 heterocycles. The summed E-state index contributed by atoms with van der Waals surface area (Å²) in [6.07, 6.45) is 0. The fourth-order valence-corrected chi connectivity index (χ4v) is 2.81. The maximum Gasteiger partial charge on any atom is 0.137 e. The zero-order chi connectivity index (χ0) is 14.8. The maximum atomic E-state index is 6.15. The van der Waals surface area contributed by atoms with Gasteiger partial charge in [-0.15, -0.1) is 0 Å². The van der Waals surface area contributed by atoms with Gasteiger partial charge >= 0.3 is 0 Å². The van der Waals surface area contributed by atoms with Crippen LogP contribution in [0.25, 0.3) is 11.0 Å². The maximum absolute atomic E-state index is 6.15. The van der Waals surface area contributed by atoms with E-state index in [1.54, 1.807) is 0 Å². The van der Waals surface area contributed by atoms with E-state index in [9.17, 15) is 0 Å². The summed E-state index contributed by atoms with van der Waals surface area (Å²) >= 11 is 0. The van der Waals surface area contributed by atoms with Crippen molar-refractivity contribution in [3.63, 3.8) is 0 Å². The molecule has 21 heavy (non-hydrogen) atoms. The quantitative estimate of drug-likeness (QED) is 0.745. The first-order chi connectivity index (χ1) is 10.2. The molecule has 0 saturated heterocycles. The summed E-state index contributed by atoms with van der Waals surface area (Å²) in [5, 5.41) is 4.70. The molecular weight excluding hydrogens is 258 g/mol. The van der Waals surface area contributed by atoms with Crippen LogP contribution >= 0.6 is 0 Å². The van der Waals surface area contributed by atoms with E-state index in [0.717, 1.165) is 17.9 Å². The van der Waals surface area contributed by atoms with Crippen LogP contribution in [0.2, 0.25) is 0 Å². The van der Waals surface area contributed by atoms with Gasteiger partial charge in [0.1, 0.15) is 11.3 Å². The van der Waals surface area contributed by atoms with Crippen LogP contribution in [0.15, 0.2) is 52.9 Å². The molecule has 0 aliphatic rings. The highest BCUT2D eigenvalue weighted by Crippen LogP contribution is 2.30. The second-order valence-electron chi connectivity index (χ2n) is 5.55. The van der Waals surface area contributed by atoms with Gasteiger partial charge in [0.05, 0.1) is 6.04 Å². The van der Waals surface area contributed by atoms with Crippen molar-refractivity contribution in [1.82, 2.24) is 5.32 Å². The van der Waals surface area contributed by atoms with E-state index in [2.05, 4.69) is 74.6 Å². The zero-order valence-electron chi connectivity index (χ0n) is 12.8. The van der Waals surface area contributed by atoms with Gasteiger partial charge in [-0.05, 0) is 37.6 Å². The van der Waals surface area contributed by atoms with Crippen LogP contribution in [0.1, 0.15) is 35.4 Å². The van der Waals surface area contributed by atoms with Crippen LogP contribution < -0.4 is 5.32 Å². The fraction of sp³-hybridized carbons (Fsp3) is 0.263. The Hall–Kier alpha value is -2.06. The molecule has 0 radical (unpaired) electrons. The number of aryl methyl sites for hydroxylation is 2. The van der Waals surface area contributed by atoms with Gasteiger partial charge in [-0.2, -0.15) is 0 Å². The molecule has 0 amide bonds. The van der Waals surface area contributed by atoms with E-state index in [1.165, 1.54) is 22.1 Å².